The van der Waals surface area contributed by atoms with E-state index in [2.05, 4.69) is 19.8 Å². The molecule has 4 atom stereocenters. The second-order valence-corrected chi connectivity index (χ2v) is 9.97. The van der Waals surface area contributed by atoms with E-state index in [0.717, 1.165) is 44.0 Å². The van der Waals surface area contributed by atoms with E-state index >= 15 is 0 Å². The SMILES string of the molecule is Nc1ncc(CN2C[C@H]3C[C@@H](C2)[C@H](CC2CCCCC2)N2C(=O)CCC[C@@H]32)cn1. The van der Waals surface area contributed by atoms with Gasteiger partial charge in [-0.05, 0) is 43.4 Å². The molecule has 0 unspecified atom stereocenters. The fourth-order valence-corrected chi connectivity index (χ4v) is 6.77. The van der Waals surface area contributed by atoms with Gasteiger partial charge in [0, 0.05) is 56.1 Å². The zero-order valence-electron chi connectivity index (χ0n) is 17.5. The Hall–Kier alpha value is -1.69. The number of hydrogen-bond donors (Lipinski definition) is 1. The number of fused-ring (bicyclic) bond motifs is 4. The predicted molar refractivity (Wildman–Crippen MR) is 113 cm³/mol. The molecular formula is C23H35N5O. The highest BCUT2D eigenvalue weighted by Crippen LogP contribution is 2.44. The molecule has 158 valence electrons. The summed E-state index contributed by atoms with van der Waals surface area (Å²) in [7, 11) is 0. The number of aromatic nitrogens is 2. The first-order chi connectivity index (χ1) is 14.2. The number of nitrogens with two attached hydrogens (primary N) is 1. The molecule has 1 aromatic rings. The van der Waals surface area contributed by atoms with Gasteiger partial charge in [0.25, 0.3) is 0 Å². The van der Waals surface area contributed by atoms with Gasteiger partial charge < -0.3 is 10.6 Å². The molecule has 29 heavy (non-hydrogen) atoms. The average Bonchev–Trinajstić information content (AvgIpc) is 2.74. The lowest BCUT2D eigenvalue weighted by Crippen LogP contribution is -2.65. The molecule has 4 heterocycles. The molecule has 5 rings (SSSR count). The summed E-state index contributed by atoms with van der Waals surface area (Å²) >= 11 is 0. The van der Waals surface area contributed by atoms with Gasteiger partial charge in [0.2, 0.25) is 11.9 Å². The molecule has 0 spiro atoms. The van der Waals surface area contributed by atoms with Crippen LogP contribution in [0.4, 0.5) is 5.95 Å². The van der Waals surface area contributed by atoms with Gasteiger partial charge in [0.05, 0.1) is 0 Å². The van der Waals surface area contributed by atoms with E-state index in [9.17, 15) is 4.79 Å². The minimum atomic E-state index is 0.341. The van der Waals surface area contributed by atoms with Crippen LogP contribution in [0.2, 0.25) is 0 Å². The monoisotopic (exact) mass is 397 g/mol. The zero-order chi connectivity index (χ0) is 19.8. The van der Waals surface area contributed by atoms with Crippen LogP contribution < -0.4 is 5.73 Å². The van der Waals surface area contributed by atoms with Crippen LogP contribution in [-0.2, 0) is 11.3 Å². The molecule has 0 radical (unpaired) electrons. The number of amides is 1. The molecule has 2 N–H and O–H groups in total. The number of nitrogen functional groups attached to an aromatic ring is 1. The van der Waals surface area contributed by atoms with Crippen molar-refractivity contribution in [1.82, 2.24) is 19.8 Å². The maximum Gasteiger partial charge on any atom is 0.223 e. The van der Waals surface area contributed by atoms with Crippen LogP contribution >= 0.6 is 0 Å². The lowest BCUT2D eigenvalue weighted by atomic mass is 9.69. The maximum absolute atomic E-state index is 13.0. The topological polar surface area (TPSA) is 75.3 Å². The van der Waals surface area contributed by atoms with Crippen molar-refractivity contribution < 1.29 is 4.79 Å². The molecule has 0 aromatic carbocycles. The Kier molecular flexibility index (Phi) is 5.46. The summed E-state index contributed by atoms with van der Waals surface area (Å²) in [4.78, 5) is 26.3. The number of nitrogens with zero attached hydrogens (tertiary/aromatic N) is 4. The van der Waals surface area contributed by atoms with Gasteiger partial charge in [-0.1, -0.05) is 32.1 Å². The summed E-state index contributed by atoms with van der Waals surface area (Å²) in [6, 6.07) is 0.921. The first-order valence-corrected chi connectivity index (χ1v) is 11.8. The molecule has 1 saturated carbocycles. The second kappa shape index (κ2) is 8.21. The molecule has 4 aliphatic rings. The van der Waals surface area contributed by atoms with Gasteiger partial charge in [0.1, 0.15) is 0 Å². The van der Waals surface area contributed by atoms with Crippen molar-refractivity contribution >= 4 is 11.9 Å². The van der Waals surface area contributed by atoms with Crippen molar-refractivity contribution in [2.45, 2.75) is 82.8 Å². The van der Waals surface area contributed by atoms with Crippen LogP contribution in [0.5, 0.6) is 0 Å². The normalized spacial score (nSPS) is 33.5. The van der Waals surface area contributed by atoms with E-state index in [1.807, 2.05) is 12.4 Å². The van der Waals surface area contributed by atoms with E-state index in [1.54, 1.807) is 0 Å². The molecule has 3 saturated heterocycles. The highest BCUT2D eigenvalue weighted by atomic mass is 16.2. The van der Waals surface area contributed by atoms with E-state index in [1.165, 1.54) is 51.4 Å². The van der Waals surface area contributed by atoms with Gasteiger partial charge in [-0.3, -0.25) is 9.69 Å². The lowest BCUT2D eigenvalue weighted by Gasteiger charge is -2.57. The molecule has 6 nitrogen and oxygen atoms in total. The summed E-state index contributed by atoms with van der Waals surface area (Å²) in [5, 5.41) is 0. The zero-order valence-corrected chi connectivity index (χ0v) is 17.5. The van der Waals surface area contributed by atoms with Crippen LogP contribution in [0.25, 0.3) is 0 Å². The van der Waals surface area contributed by atoms with Crippen LogP contribution in [0.1, 0.15) is 69.8 Å². The Bertz CT molecular complexity index is 716. The first-order valence-electron chi connectivity index (χ1n) is 11.8. The summed E-state index contributed by atoms with van der Waals surface area (Å²) in [6.07, 6.45) is 16.2. The standard InChI is InChI=1S/C23H35N5O/c24-23-25-11-17(12-26-23)13-27-14-18-10-19(15-27)21(9-16-5-2-1-3-6-16)28-20(18)7-4-8-22(28)29/h11-12,16,18-21H,1-10,13-15H2,(H2,24,25,26)/t18-,19+,20+,21+/m1/s1. The third-order valence-electron chi connectivity index (χ3n) is 8.00. The summed E-state index contributed by atoms with van der Waals surface area (Å²) in [5.74, 6) is 2.84. The van der Waals surface area contributed by atoms with Crippen LogP contribution in [-0.4, -0.2) is 50.8 Å². The van der Waals surface area contributed by atoms with E-state index in [-0.39, 0.29) is 0 Å². The number of hydrogen-bond acceptors (Lipinski definition) is 5. The Labute approximate surface area is 174 Å². The van der Waals surface area contributed by atoms with Gasteiger partial charge in [-0.25, -0.2) is 9.97 Å². The largest absolute Gasteiger partial charge is 0.368 e. The number of anilines is 1. The van der Waals surface area contributed by atoms with E-state index in [0.29, 0.717) is 35.8 Å². The van der Waals surface area contributed by atoms with Crippen molar-refractivity contribution in [3.8, 4) is 0 Å². The minimum Gasteiger partial charge on any atom is -0.368 e. The second-order valence-electron chi connectivity index (χ2n) is 9.97. The number of rotatable bonds is 4. The number of likely N-dealkylation sites (tertiary alicyclic amines) is 1. The van der Waals surface area contributed by atoms with Crippen LogP contribution in [0.3, 0.4) is 0 Å². The third kappa shape index (κ3) is 4.00. The third-order valence-corrected chi connectivity index (χ3v) is 8.00. The van der Waals surface area contributed by atoms with E-state index in [4.69, 9.17) is 5.73 Å². The summed E-state index contributed by atoms with van der Waals surface area (Å²) in [6.45, 7) is 3.07. The number of carbonyl (C=O) groups is 1. The highest BCUT2D eigenvalue weighted by molar-refractivity contribution is 5.78. The van der Waals surface area contributed by atoms with E-state index < -0.39 is 0 Å². The molecular weight excluding hydrogens is 362 g/mol. The average molecular weight is 398 g/mol. The number of piperidine rings is 3. The summed E-state index contributed by atoms with van der Waals surface area (Å²) < 4.78 is 0. The molecule has 4 fully saturated rings. The summed E-state index contributed by atoms with van der Waals surface area (Å²) in [5.41, 5.74) is 6.79. The van der Waals surface area contributed by atoms with Gasteiger partial charge in [-0.15, -0.1) is 0 Å². The molecule has 3 aliphatic heterocycles. The van der Waals surface area contributed by atoms with Crippen LogP contribution in [0, 0.1) is 17.8 Å². The first kappa shape index (κ1) is 19.3. The lowest BCUT2D eigenvalue weighted by molar-refractivity contribution is -0.154. The van der Waals surface area contributed by atoms with Crippen molar-refractivity contribution in [1.29, 1.82) is 0 Å². The fraction of sp³-hybridized carbons (Fsp3) is 0.783. The van der Waals surface area contributed by atoms with Crippen LogP contribution in [0.15, 0.2) is 12.4 Å². The minimum absolute atomic E-state index is 0.341. The molecule has 6 heteroatoms. The van der Waals surface area contributed by atoms with Gasteiger partial charge in [0.15, 0.2) is 0 Å². The highest BCUT2D eigenvalue weighted by Gasteiger charge is 2.49. The number of carbonyl (C=O) groups excluding carboxylic acids is 1. The van der Waals surface area contributed by atoms with Crippen molar-refractivity contribution in [3.05, 3.63) is 18.0 Å². The fourth-order valence-electron chi connectivity index (χ4n) is 6.77. The quantitative estimate of drug-likeness (QED) is 0.844. The Morgan fingerprint density at radius 1 is 1.00 bits per heavy atom. The Balaban J connectivity index is 1.35. The Morgan fingerprint density at radius 3 is 2.55 bits per heavy atom. The van der Waals surface area contributed by atoms with Crippen molar-refractivity contribution in [2.75, 3.05) is 18.8 Å². The van der Waals surface area contributed by atoms with Crippen molar-refractivity contribution in [3.63, 3.8) is 0 Å². The molecule has 1 aliphatic carbocycles. The Morgan fingerprint density at radius 2 is 1.76 bits per heavy atom. The van der Waals surface area contributed by atoms with Crippen molar-refractivity contribution in [2.24, 2.45) is 17.8 Å². The maximum atomic E-state index is 13.0. The predicted octanol–water partition coefficient (Wildman–Crippen LogP) is 3.23. The van der Waals surface area contributed by atoms with Gasteiger partial charge in [-0.2, -0.15) is 0 Å². The van der Waals surface area contributed by atoms with Gasteiger partial charge >= 0.3 is 0 Å². The smallest absolute Gasteiger partial charge is 0.223 e. The molecule has 1 aromatic heterocycles. The molecule has 1 amide bonds. The molecule has 2 bridgehead atoms.